The Morgan fingerprint density at radius 1 is 0.660 bits per heavy atom. The van der Waals surface area contributed by atoms with Crippen molar-refractivity contribution in [3.63, 3.8) is 0 Å². The lowest BCUT2D eigenvalue weighted by Crippen LogP contribution is -2.34. The molecule has 0 saturated carbocycles. The molecule has 8 nitrogen and oxygen atoms in total. The van der Waals surface area contributed by atoms with Crippen LogP contribution in [0.15, 0.2) is 72.8 Å². The standard InChI is InChI=1S/C40H55O8Si2/c1-7-44-38(41)31(2)46-39(42)35-23-27-37(28-24-35)47-40(43)34-19-17-32(18-20-34)33-21-25-36(26-22-33)45-29-15-13-11-9-8-10-12-14-16-30-50(5,6)48-49(3)4/h17-28,31H,7-16,29-30H2,1-6H3. The van der Waals surface area contributed by atoms with Crippen LogP contribution in [0.5, 0.6) is 11.5 Å². The quantitative estimate of drug-likeness (QED) is 0.0438. The summed E-state index contributed by atoms with van der Waals surface area (Å²) in [5.74, 6) is -0.672. The van der Waals surface area contributed by atoms with E-state index < -0.39 is 41.4 Å². The Kier molecular flexibility index (Phi) is 17.5. The normalized spacial score (nSPS) is 12.0. The van der Waals surface area contributed by atoms with Gasteiger partial charge < -0.3 is 23.1 Å². The predicted octanol–water partition coefficient (Wildman–Crippen LogP) is 10.0. The van der Waals surface area contributed by atoms with Crippen LogP contribution in [-0.4, -0.2) is 54.6 Å². The van der Waals surface area contributed by atoms with Crippen LogP contribution in [0.2, 0.25) is 32.2 Å². The third-order valence-electron chi connectivity index (χ3n) is 8.18. The highest BCUT2D eigenvalue weighted by atomic mass is 28.4. The van der Waals surface area contributed by atoms with Gasteiger partial charge in [-0.1, -0.05) is 75.6 Å². The smallest absolute Gasteiger partial charge is 0.347 e. The molecule has 1 atom stereocenters. The van der Waals surface area contributed by atoms with Gasteiger partial charge in [-0.3, -0.25) is 0 Å². The molecule has 50 heavy (non-hydrogen) atoms. The van der Waals surface area contributed by atoms with E-state index in [4.69, 9.17) is 23.1 Å². The van der Waals surface area contributed by atoms with Gasteiger partial charge in [-0.25, -0.2) is 14.4 Å². The number of benzene rings is 3. The maximum absolute atomic E-state index is 12.7. The second-order valence-corrected chi connectivity index (χ2v) is 20.0. The van der Waals surface area contributed by atoms with Crippen molar-refractivity contribution < 1.29 is 37.4 Å². The van der Waals surface area contributed by atoms with E-state index in [1.165, 1.54) is 88.6 Å². The van der Waals surface area contributed by atoms with Crippen molar-refractivity contribution in [1.82, 2.24) is 0 Å². The van der Waals surface area contributed by atoms with Crippen LogP contribution >= 0.6 is 0 Å². The van der Waals surface area contributed by atoms with E-state index in [2.05, 4.69) is 26.2 Å². The second-order valence-electron chi connectivity index (χ2n) is 13.4. The van der Waals surface area contributed by atoms with Crippen LogP contribution in [0.3, 0.4) is 0 Å². The van der Waals surface area contributed by atoms with E-state index in [1.807, 2.05) is 36.4 Å². The Labute approximate surface area is 301 Å². The van der Waals surface area contributed by atoms with E-state index in [0.29, 0.717) is 5.56 Å². The van der Waals surface area contributed by atoms with Gasteiger partial charge in [0.05, 0.1) is 24.3 Å². The van der Waals surface area contributed by atoms with Crippen molar-refractivity contribution in [3.05, 3.63) is 83.9 Å². The highest BCUT2D eigenvalue weighted by Gasteiger charge is 2.23. The fourth-order valence-electron chi connectivity index (χ4n) is 5.59. The van der Waals surface area contributed by atoms with Crippen molar-refractivity contribution in [2.45, 2.75) is 110 Å². The summed E-state index contributed by atoms with van der Waals surface area (Å²) in [7, 11) is -2.00. The minimum Gasteiger partial charge on any atom is -0.494 e. The van der Waals surface area contributed by atoms with Crippen LogP contribution in [0, 0.1) is 0 Å². The molecule has 0 amide bonds. The average Bonchev–Trinajstić information content (AvgIpc) is 3.09. The fourth-order valence-corrected chi connectivity index (χ4v) is 11.5. The Bertz CT molecular complexity index is 1450. The van der Waals surface area contributed by atoms with Crippen molar-refractivity contribution in [1.29, 1.82) is 0 Å². The minimum absolute atomic E-state index is 0.198. The third-order valence-corrected chi connectivity index (χ3v) is 13.6. The lowest BCUT2D eigenvalue weighted by atomic mass is 10.0. The molecule has 0 spiro atoms. The first-order valence-corrected chi connectivity index (χ1v) is 23.5. The third kappa shape index (κ3) is 15.0. The summed E-state index contributed by atoms with van der Waals surface area (Å²) in [6.45, 7) is 13.2. The molecular formula is C40H55O8Si2. The zero-order chi connectivity index (χ0) is 36.4. The minimum atomic E-state index is -1.43. The maximum Gasteiger partial charge on any atom is 0.347 e. The van der Waals surface area contributed by atoms with Crippen LogP contribution in [0.4, 0.5) is 0 Å². The van der Waals surface area contributed by atoms with Crippen LogP contribution in [-0.2, 0) is 18.4 Å². The van der Waals surface area contributed by atoms with Gasteiger partial charge >= 0.3 is 17.9 Å². The first-order chi connectivity index (χ1) is 24.0. The maximum atomic E-state index is 12.7. The molecule has 0 saturated heterocycles. The van der Waals surface area contributed by atoms with E-state index in [0.717, 1.165) is 29.9 Å². The molecule has 0 aliphatic rings. The molecule has 0 bridgehead atoms. The SMILES string of the molecule is CCOC(=O)C(C)OC(=O)c1ccc(OC(=O)c2ccc(-c3ccc(OCCCCCCCCCCC[Si](C)(C)O[Si](C)C)cc3)cc2)cc1. The molecule has 3 aromatic carbocycles. The largest absolute Gasteiger partial charge is 0.494 e. The van der Waals surface area contributed by atoms with Crippen molar-refractivity contribution in [3.8, 4) is 22.6 Å². The molecule has 0 fully saturated rings. The molecule has 3 aromatic rings. The highest BCUT2D eigenvalue weighted by Crippen LogP contribution is 2.24. The predicted molar refractivity (Wildman–Crippen MR) is 203 cm³/mol. The molecule has 10 heteroatoms. The average molecular weight is 720 g/mol. The second kappa shape index (κ2) is 21.5. The molecule has 0 aliphatic heterocycles. The van der Waals surface area contributed by atoms with E-state index >= 15 is 0 Å². The Morgan fingerprint density at radius 3 is 1.70 bits per heavy atom. The highest BCUT2D eigenvalue weighted by molar-refractivity contribution is 6.77. The Hall–Kier alpha value is -3.74. The molecular weight excluding hydrogens is 665 g/mol. The summed E-state index contributed by atoms with van der Waals surface area (Å²) in [4.78, 5) is 36.7. The first-order valence-electron chi connectivity index (χ1n) is 18.0. The fraction of sp³-hybridized carbons (Fsp3) is 0.475. The number of carbonyl (C=O) groups excluding carboxylic acids is 3. The van der Waals surface area contributed by atoms with Gasteiger partial charge in [0.2, 0.25) is 0 Å². The molecule has 0 N–H and O–H groups in total. The molecule has 0 aromatic heterocycles. The molecule has 271 valence electrons. The summed E-state index contributed by atoms with van der Waals surface area (Å²) in [6.07, 6.45) is 10.5. The topological polar surface area (TPSA) is 97.4 Å². The number of unbranched alkanes of at least 4 members (excludes halogenated alkanes) is 8. The van der Waals surface area contributed by atoms with Gasteiger partial charge in [-0.15, -0.1) is 0 Å². The number of rotatable bonds is 22. The summed E-state index contributed by atoms with van der Waals surface area (Å²) in [6, 6.07) is 22.4. The summed E-state index contributed by atoms with van der Waals surface area (Å²) in [5.41, 5.74) is 2.61. The van der Waals surface area contributed by atoms with Crippen molar-refractivity contribution in [2.24, 2.45) is 0 Å². The number of carbonyl (C=O) groups is 3. The van der Waals surface area contributed by atoms with Gasteiger partial charge in [-0.05, 0) is 112 Å². The molecule has 1 unspecified atom stereocenters. The van der Waals surface area contributed by atoms with Crippen LogP contribution in [0.1, 0.15) is 92.4 Å². The lowest BCUT2D eigenvalue weighted by molar-refractivity contribution is -0.152. The zero-order valence-electron chi connectivity index (χ0n) is 30.8. The van der Waals surface area contributed by atoms with Crippen molar-refractivity contribution >= 4 is 35.3 Å². The van der Waals surface area contributed by atoms with Crippen molar-refractivity contribution in [2.75, 3.05) is 13.2 Å². The summed E-state index contributed by atoms with van der Waals surface area (Å²) in [5, 5.41) is 0. The Morgan fingerprint density at radius 2 is 1.14 bits per heavy atom. The monoisotopic (exact) mass is 719 g/mol. The van der Waals surface area contributed by atoms with E-state index in [9.17, 15) is 14.4 Å². The number of hydrogen-bond donors (Lipinski definition) is 0. The van der Waals surface area contributed by atoms with Gasteiger partial charge in [0, 0.05) is 0 Å². The molecule has 0 heterocycles. The summed E-state index contributed by atoms with van der Waals surface area (Å²) >= 11 is 0. The number of esters is 3. The van der Waals surface area contributed by atoms with E-state index in [-0.39, 0.29) is 17.9 Å². The van der Waals surface area contributed by atoms with Crippen LogP contribution in [0.25, 0.3) is 11.1 Å². The van der Waals surface area contributed by atoms with E-state index in [1.54, 1.807) is 19.1 Å². The van der Waals surface area contributed by atoms with Gasteiger partial charge in [-0.2, -0.15) is 0 Å². The molecule has 0 aliphatic carbocycles. The van der Waals surface area contributed by atoms with Gasteiger partial charge in [0.25, 0.3) is 0 Å². The Balaban J connectivity index is 1.31. The number of ether oxygens (including phenoxy) is 4. The number of hydrogen-bond acceptors (Lipinski definition) is 8. The lowest BCUT2D eigenvalue weighted by Gasteiger charge is -2.25. The molecule has 3 rings (SSSR count). The van der Waals surface area contributed by atoms with Gasteiger partial charge in [0.1, 0.15) is 11.5 Å². The zero-order valence-corrected chi connectivity index (χ0v) is 32.8. The summed E-state index contributed by atoms with van der Waals surface area (Å²) < 4.78 is 27.6. The molecule has 1 radical (unpaired) electrons. The van der Waals surface area contributed by atoms with Gasteiger partial charge in [0.15, 0.2) is 23.5 Å². The first kappa shape index (κ1) is 40.7. The van der Waals surface area contributed by atoms with Crippen LogP contribution < -0.4 is 9.47 Å².